The van der Waals surface area contributed by atoms with Gasteiger partial charge in [0.1, 0.15) is 0 Å². The van der Waals surface area contributed by atoms with Gasteiger partial charge in [-0.3, -0.25) is 0 Å². The molecule has 0 bridgehead atoms. The summed E-state index contributed by atoms with van der Waals surface area (Å²) in [6.45, 7) is 10.2. The normalized spacial score (nSPS) is 60.7. The summed E-state index contributed by atoms with van der Waals surface area (Å²) in [6.07, 6.45) is 10.3. The van der Waals surface area contributed by atoms with E-state index < -0.39 is 5.79 Å². The standard InChI is InChI=1S/C27H42O4/c1-15-7-10-27(30-14-15)16(2)24-22(31-27)12-21-19-6-5-17-11-18(28)8-9-25(17,3)20(19)13-23(29)26(21,24)4/h5,15-16,18-24,28-29H,6-14H2,1-4H3/t15-,16+,18+,19-,20-,21-,22+,23+,24+,25+,26-,27-/m1/s1. The Morgan fingerprint density at radius 1 is 1.03 bits per heavy atom. The Labute approximate surface area is 187 Å². The number of allylic oxidation sites excluding steroid dienone is 1. The molecular weight excluding hydrogens is 388 g/mol. The Kier molecular flexibility index (Phi) is 4.64. The van der Waals surface area contributed by atoms with E-state index in [9.17, 15) is 10.2 Å². The summed E-state index contributed by atoms with van der Waals surface area (Å²) in [5, 5.41) is 22.0. The molecule has 0 radical (unpaired) electrons. The monoisotopic (exact) mass is 430 g/mol. The van der Waals surface area contributed by atoms with E-state index in [0.29, 0.717) is 35.5 Å². The predicted octanol–water partition coefficient (Wildman–Crippen LogP) is 4.68. The maximum atomic E-state index is 11.8. The maximum absolute atomic E-state index is 11.8. The van der Waals surface area contributed by atoms with E-state index >= 15 is 0 Å². The van der Waals surface area contributed by atoms with Gasteiger partial charge in [0.05, 0.1) is 24.9 Å². The van der Waals surface area contributed by atoms with Crippen LogP contribution >= 0.6 is 0 Å². The van der Waals surface area contributed by atoms with Gasteiger partial charge in [0.15, 0.2) is 5.79 Å². The quantitative estimate of drug-likeness (QED) is 0.548. The van der Waals surface area contributed by atoms with E-state index in [4.69, 9.17) is 9.47 Å². The van der Waals surface area contributed by atoms with Crippen LogP contribution in [0.5, 0.6) is 0 Å². The van der Waals surface area contributed by atoms with E-state index in [-0.39, 0.29) is 29.1 Å². The highest BCUT2D eigenvalue weighted by molar-refractivity contribution is 5.27. The lowest BCUT2D eigenvalue weighted by Gasteiger charge is -2.60. The van der Waals surface area contributed by atoms with Crippen molar-refractivity contribution < 1.29 is 19.7 Å². The van der Waals surface area contributed by atoms with Gasteiger partial charge in [0.2, 0.25) is 0 Å². The van der Waals surface area contributed by atoms with Gasteiger partial charge in [-0.05, 0) is 74.0 Å². The number of aliphatic hydroxyl groups is 2. The first kappa shape index (κ1) is 21.1. The summed E-state index contributed by atoms with van der Waals surface area (Å²) >= 11 is 0. The summed E-state index contributed by atoms with van der Waals surface area (Å²) < 4.78 is 13.2. The van der Waals surface area contributed by atoms with Crippen molar-refractivity contribution in [2.24, 2.45) is 46.3 Å². The number of aliphatic hydroxyl groups excluding tert-OH is 2. The third-order valence-corrected chi connectivity index (χ3v) is 11.5. The molecule has 174 valence electrons. The van der Waals surface area contributed by atoms with E-state index in [0.717, 1.165) is 51.6 Å². The van der Waals surface area contributed by atoms with E-state index in [1.165, 1.54) is 12.0 Å². The van der Waals surface area contributed by atoms with Gasteiger partial charge >= 0.3 is 0 Å². The van der Waals surface area contributed by atoms with Crippen LogP contribution in [0, 0.1) is 46.3 Å². The smallest absolute Gasteiger partial charge is 0.171 e. The molecule has 6 aliphatic rings. The molecule has 4 aliphatic carbocycles. The lowest BCUT2D eigenvalue weighted by Crippen LogP contribution is -2.57. The fraction of sp³-hybridized carbons (Fsp3) is 0.926. The highest BCUT2D eigenvalue weighted by Gasteiger charge is 2.71. The second-order valence-corrected chi connectivity index (χ2v) is 12.7. The molecule has 2 aliphatic heterocycles. The minimum atomic E-state index is -0.419. The Hall–Kier alpha value is -0.420. The van der Waals surface area contributed by atoms with Crippen molar-refractivity contribution in [3.63, 3.8) is 0 Å². The number of hydrogen-bond acceptors (Lipinski definition) is 4. The van der Waals surface area contributed by atoms with Crippen molar-refractivity contribution in [2.75, 3.05) is 6.61 Å². The van der Waals surface area contributed by atoms with Gasteiger partial charge in [-0.25, -0.2) is 0 Å². The third kappa shape index (κ3) is 2.68. The molecule has 4 nitrogen and oxygen atoms in total. The van der Waals surface area contributed by atoms with Gasteiger partial charge in [0, 0.05) is 23.7 Å². The molecule has 0 aromatic heterocycles. The topological polar surface area (TPSA) is 58.9 Å². The Morgan fingerprint density at radius 3 is 2.58 bits per heavy atom. The molecule has 31 heavy (non-hydrogen) atoms. The molecule has 2 saturated heterocycles. The molecule has 0 aromatic carbocycles. The van der Waals surface area contributed by atoms with E-state index in [1.807, 2.05) is 0 Å². The number of rotatable bonds is 0. The fourth-order valence-electron chi connectivity index (χ4n) is 9.61. The lowest BCUT2D eigenvalue weighted by atomic mass is 9.46. The van der Waals surface area contributed by atoms with Crippen LogP contribution in [-0.4, -0.2) is 40.9 Å². The summed E-state index contributed by atoms with van der Waals surface area (Å²) in [5.41, 5.74) is 1.53. The zero-order chi connectivity index (χ0) is 21.8. The predicted molar refractivity (Wildman–Crippen MR) is 119 cm³/mol. The molecule has 2 heterocycles. The first-order chi connectivity index (χ1) is 14.7. The van der Waals surface area contributed by atoms with Crippen LogP contribution in [0.25, 0.3) is 0 Å². The zero-order valence-electron chi connectivity index (χ0n) is 19.8. The van der Waals surface area contributed by atoms with Crippen LogP contribution in [0.3, 0.4) is 0 Å². The first-order valence-electron chi connectivity index (χ1n) is 13.1. The van der Waals surface area contributed by atoms with Crippen molar-refractivity contribution in [2.45, 2.75) is 103 Å². The van der Waals surface area contributed by atoms with Crippen LogP contribution < -0.4 is 0 Å². The van der Waals surface area contributed by atoms with E-state index in [2.05, 4.69) is 33.8 Å². The molecule has 0 unspecified atom stereocenters. The zero-order valence-corrected chi connectivity index (χ0v) is 19.8. The molecule has 12 atom stereocenters. The van der Waals surface area contributed by atoms with E-state index in [1.54, 1.807) is 0 Å². The van der Waals surface area contributed by atoms with Crippen LogP contribution in [0.2, 0.25) is 0 Å². The van der Waals surface area contributed by atoms with Gasteiger partial charge in [0.25, 0.3) is 0 Å². The van der Waals surface area contributed by atoms with Gasteiger partial charge < -0.3 is 19.7 Å². The van der Waals surface area contributed by atoms with Gasteiger partial charge in [-0.1, -0.05) is 39.3 Å². The molecule has 3 saturated carbocycles. The number of hydrogen-bond donors (Lipinski definition) is 2. The fourth-order valence-corrected chi connectivity index (χ4v) is 9.61. The molecule has 0 amide bonds. The molecule has 6 rings (SSSR count). The Morgan fingerprint density at radius 2 is 1.84 bits per heavy atom. The van der Waals surface area contributed by atoms with Crippen LogP contribution in [-0.2, 0) is 9.47 Å². The Bertz CT molecular complexity index is 769. The van der Waals surface area contributed by atoms with Crippen molar-refractivity contribution in [3.05, 3.63) is 11.6 Å². The molecule has 5 fully saturated rings. The third-order valence-electron chi connectivity index (χ3n) is 11.5. The maximum Gasteiger partial charge on any atom is 0.171 e. The summed E-state index contributed by atoms with van der Waals surface area (Å²) in [7, 11) is 0. The molecule has 2 N–H and O–H groups in total. The van der Waals surface area contributed by atoms with Gasteiger partial charge in [-0.2, -0.15) is 0 Å². The Balaban J connectivity index is 1.32. The van der Waals surface area contributed by atoms with Crippen LogP contribution in [0.15, 0.2) is 11.6 Å². The van der Waals surface area contributed by atoms with Crippen LogP contribution in [0.4, 0.5) is 0 Å². The summed E-state index contributed by atoms with van der Waals surface area (Å²) in [4.78, 5) is 0. The molecular formula is C27H42O4. The average molecular weight is 431 g/mol. The van der Waals surface area contributed by atoms with Gasteiger partial charge in [-0.15, -0.1) is 0 Å². The largest absolute Gasteiger partial charge is 0.393 e. The minimum Gasteiger partial charge on any atom is -0.393 e. The molecule has 0 aromatic rings. The highest BCUT2D eigenvalue weighted by atomic mass is 16.7. The van der Waals surface area contributed by atoms with Crippen molar-refractivity contribution in [1.82, 2.24) is 0 Å². The second kappa shape index (κ2) is 6.81. The minimum absolute atomic E-state index is 0.0863. The number of fused-ring (bicyclic) bond motifs is 7. The SMILES string of the molecule is C[C@@H]1CC[C@@]2(OC1)O[C@H]1C[C@@H]3[C@@H]4CC=C5C[C@@H](O)CC[C@]5(C)[C@@H]4C[C@H](O)[C@]3(C)[C@H]1[C@@H]2C. The van der Waals surface area contributed by atoms with Crippen molar-refractivity contribution in [3.8, 4) is 0 Å². The second-order valence-electron chi connectivity index (χ2n) is 12.7. The summed E-state index contributed by atoms with van der Waals surface area (Å²) in [5.74, 6) is 2.58. The van der Waals surface area contributed by atoms with Crippen molar-refractivity contribution >= 4 is 0 Å². The number of ether oxygens (including phenoxy) is 2. The molecule has 1 spiro atoms. The lowest BCUT2D eigenvalue weighted by molar-refractivity contribution is -0.273. The summed E-state index contributed by atoms with van der Waals surface area (Å²) in [6, 6.07) is 0. The van der Waals surface area contributed by atoms with Crippen molar-refractivity contribution in [1.29, 1.82) is 0 Å². The van der Waals surface area contributed by atoms with Crippen LogP contribution in [0.1, 0.15) is 79.1 Å². The first-order valence-corrected chi connectivity index (χ1v) is 13.1. The average Bonchev–Trinajstić information content (AvgIpc) is 3.18. The highest BCUT2D eigenvalue weighted by Crippen LogP contribution is 2.70. The molecule has 4 heteroatoms.